The zero-order valence-electron chi connectivity index (χ0n) is 4.09. The van der Waals surface area contributed by atoms with Crippen LogP contribution in [0.3, 0.4) is 0 Å². The average Bonchev–Trinajstić information content (AvgIpc) is 1.69. The van der Waals surface area contributed by atoms with E-state index in [0.717, 1.165) is 5.57 Å². The summed E-state index contributed by atoms with van der Waals surface area (Å²) in [7, 11) is 0. The van der Waals surface area contributed by atoms with Gasteiger partial charge in [-0.25, -0.2) is 0 Å². The first-order valence-electron chi connectivity index (χ1n) is 2.07. The Morgan fingerprint density at radius 3 is 3.00 bits per heavy atom. The molecular formula is C4H6N2O. The van der Waals surface area contributed by atoms with Gasteiger partial charge in [0.1, 0.15) is 6.61 Å². The summed E-state index contributed by atoms with van der Waals surface area (Å²) in [5.74, 6) is 0. The molecule has 0 unspecified atom stereocenters. The zero-order valence-corrected chi connectivity index (χ0v) is 4.09. The monoisotopic (exact) mass is 98.0 g/mol. The summed E-state index contributed by atoms with van der Waals surface area (Å²) in [5, 5.41) is 6.77. The molecule has 0 fully saturated rings. The van der Waals surface area contributed by atoms with E-state index in [1.165, 1.54) is 0 Å². The predicted molar refractivity (Wildman–Crippen MR) is 24.6 cm³/mol. The summed E-state index contributed by atoms with van der Waals surface area (Å²) in [6.07, 6.45) is 1.68. The smallest absolute Gasteiger partial charge is 0.141 e. The molecule has 1 aliphatic heterocycles. The molecule has 1 heterocycles. The lowest BCUT2D eigenvalue weighted by Gasteiger charge is -1.98. The number of nitrogens with zero attached hydrogens (tertiary/aromatic N) is 2. The Kier molecular flexibility index (Phi) is 1.06. The van der Waals surface area contributed by atoms with Crippen LogP contribution in [0, 0.1) is 0 Å². The van der Waals surface area contributed by atoms with Gasteiger partial charge in [0, 0.05) is 5.28 Å². The summed E-state index contributed by atoms with van der Waals surface area (Å²) in [4.78, 5) is 4.57. The third kappa shape index (κ3) is 0.994. The van der Waals surface area contributed by atoms with Gasteiger partial charge in [0.15, 0.2) is 0 Å². The Morgan fingerprint density at radius 1 is 1.86 bits per heavy atom. The van der Waals surface area contributed by atoms with Crippen molar-refractivity contribution in [3.8, 4) is 0 Å². The standard InChI is InChI=1S/C4H6N2O/c1-4-2-5-6-7-3-4/h2H,3H2,1H3. The second-order valence-electron chi connectivity index (χ2n) is 1.45. The molecule has 1 rings (SSSR count). The molecule has 0 radical (unpaired) electrons. The minimum atomic E-state index is 0.587. The largest absolute Gasteiger partial charge is 0.375 e. The van der Waals surface area contributed by atoms with Gasteiger partial charge in [-0.3, -0.25) is 0 Å². The third-order valence-electron chi connectivity index (χ3n) is 0.675. The lowest BCUT2D eigenvalue weighted by atomic mass is 10.4. The maximum Gasteiger partial charge on any atom is 0.141 e. The van der Waals surface area contributed by atoms with Crippen molar-refractivity contribution in [2.24, 2.45) is 10.4 Å². The van der Waals surface area contributed by atoms with Gasteiger partial charge in [0.05, 0.1) is 6.20 Å². The van der Waals surface area contributed by atoms with Crippen molar-refractivity contribution < 1.29 is 4.84 Å². The second-order valence-corrected chi connectivity index (χ2v) is 1.45. The van der Waals surface area contributed by atoms with Crippen molar-refractivity contribution in [1.82, 2.24) is 0 Å². The van der Waals surface area contributed by atoms with Crippen molar-refractivity contribution in [3.63, 3.8) is 0 Å². The molecule has 1 aliphatic rings. The fourth-order valence-corrected chi connectivity index (χ4v) is 0.323. The molecule has 0 amide bonds. The Morgan fingerprint density at radius 2 is 2.71 bits per heavy atom. The van der Waals surface area contributed by atoms with Crippen LogP contribution in [0.2, 0.25) is 0 Å². The first-order chi connectivity index (χ1) is 3.39. The van der Waals surface area contributed by atoms with E-state index in [1.54, 1.807) is 6.20 Å². The Hall–Kier alpha value is -0.860. The molecule has 0 bridgehead atoms. The van der Waals surface area contributed by atoms with Gasteiger partial charge >= 0.3 is 0 Å². The number of hydrogen-bond donors (Lipinski definition) is 0. The van der Waals surface area contributed by atoms with E-state index in [9.17, 15) is 0 Å². The van der Waals surface area contributed by atoms with Crippen molar-refractivity contribution >= 4 is 0 Å². The normalized spacial score (nSPS) is 18.1. The van der Waals surface area contributed by atoms with Crippen molar-refractivity contribution in [2.75, 3.05) is 6.61 Å². The zero-order chi connectivity index (χ0) is 5.11. The van der Waals surface area contributed by atoms with E-state index in [0.29, 0.717) is 6.61 Å². The lowest BCUT2D eigenvalue weighted by Crippen LogP contribution is -1.90. The highest BCUT2D eigenvalue weighted by Crippen LogP contribution is 1.99. The van der Waals surface area contributed by atoms with E-state index >= 15 is 0 Å². The molecule has 0 atom stereocenters. The van der Waals surface area contributed by atoms with Gasteiger partial charge in [0.2, 0.25) is 0 Å². The fourth-order valence-electron chi connectivity index (χ4n) is 0.323. The molecule has 0 aromatic carbocycles. The molecule has 0 spiro atoms. The van der Waals surface area contributed by atoms with Crippen LogP contribution in [-0.2, 0) is 4.84 Å². The van der Waals surface area contributed by atoms with Crippen LogP contribution < -0.4 is 0 Å². The lowest BCUT2D eigenvalue weighted by molar-refractivity contribution is 0.139. The van der Waals surface area contributed by atoms with Crippen molar-refractivity contribution in [3.05, 3.63) is 11.8 Å². The molecular weight excluding hydrogens is 92.1 g/mol. The second kappa shape index (κ2) is 1.73. The maximum atomic E-state index is 4.57. The minimum absolute atomic E-state index is 0.587. The van der Waals surface area contributed by atoms with Crippen LogP contribution in [-0.4, -0.2) is 6.61 Å². The average molecular weight is 98.1 g/mol. The highest BCUT2D eigenvalue weighted by Gasteiger charge is 1.91. The maximum absolute atomic E-state index is 4.57. The van der Waals surface area contributed by atoms with Crippen LogP contribution in [0.4, 0.5) is 0 Å². The Labute approximate surface area is 41.7 Å². The van der Waals surface area contributed by atoms with E-state index in [1.807, 2.05) is 6.92 Å². The van der Waals surface area contributed by atoms with Gasteiger partial charge in [-0.1, -0.05) is 0 Å². The molecule has 0 aromatic heterocycles. The summed E-state index contributed by atoms with van der Waals surface area (Å²) < 4.78 is 0. The van der Waals surface area contributed by atoms with E-state index < -0.39 is 0 Å². The highest BCUT2D eigenvalue weighted by atomic mass is 16.6. The van der Waals surface area contributed by atoms with E-state index in [2.05, 4.69) is 15.2 Å². The molecule has 0 saturated heterocycles. The van der Waals surface area contributed by atoms with Gasteiger partial charge in [-0.15, -0.1) is 5.11 Å². The van der Waals surface area contributed by atoms with Crippen LogP contribution in [0.25, 0.3) is 0 Å². The third-order valence-corrected chi connectivity index (χ3v) is 0.675. The quantitative estimate of drug-likeness (QED) is 0.449. The van der Waals surface area contributed by atoms with Crippen LogP contribution in [0.15, 0.2) is 22.2 Å². The molecule has 0 aliphatic carbocycles. The number of rotatable bonds is 0. The van der Waals surface area contributed by atoms with Gasteiger partial charge in [-0.05, 0) is 12.5 Å². The SMILES string of the molecule is CC1=CN=NOC1. The van der Waals surface area contributed by atoms with Crippen molar-refractivity contribution in [2.45, 2.75) is 6.92 Å². The molecule has 7 heavy (non-hydrogen) atoms. The summed E-state index contributed by atoms with van der Waals surface area (Å²) >= 11 is 0. The fraction of sp³-hybridized carbons (Fsp3) is 0.500. The first kappa shape index (κ1) is 4.30. The minimum Gasteiger partial charge on any atom is -0.375 e. The molecule has 38 valence electrons. The predicted octanol–water partition coefficient (Wildman–Crippen LogP) is 1.29. The topological polar surface area (TPSA) is 34.0 Å². The van der Waals surface area contributed by atoms with E-state index in [-0.39, 0.29) is 0 Å². The molecule has 0 saturated carbocycles. The Balaban J connectivity index is 2.57. The number of hydrogen-bond acceptors (Lipinski definition) is 3. The Bertz CT molecular complexity index is 117. The van der Waals surface area contributed by atoms with E-state index in [4.69, 9.17) is 0 Å². The first-order valence-corrected chi connectivity index (χ1v) is 2.07. The molecule has 3 nitrogen and oxygen atoms in total. The van der Waals surface area contributed by atoms with Gasteiger partial charge in [0.25, 0.3) is 0 Å². The highest BCUT2D eigenvalue weighted by molar-refractivity contribution is 4.96. The summed E-state index contributed by atoms with van der Waals surface area (Å²) in [6.45, 7) is 2.53. The molecule has 0 N–H and O–H groups in total. The molecule has 0 aromatic rings. The van der Waals surface area contributed by atoms with Crippen LogP contribution in [0.1, 0.15) is 6.92 Å². The summed E-state index contributed by atoms with van der Waals surface area (Å²) in [5.41, 5.74) is 1.11. The van der Waals surface area contributed by atoms with Crippen molar-refractivity contribution in [1.29, 1.82) is 0 Å². The molecule has 3 heteroatoms. The summed E-state index contributed by atoms with van der Waals surface area (Å²) in [6, 6.07) is 0. The van der Waals surface area contributed by atoms with Gasteiger partial charge in [-0.2, -0.15) is 0 Å². The van der Waals surface area contributed by atoms with Gasteiger partial charge < -0.3 is 4.84 Å². The van der Waals surface area contributed by atoms with Crippen LogP contribution >= 0.6 is 0 Å². The van der Waals surface area contributed by atoms with Crippen LogP contribution in [0.5, 0.6) is 0 Å².